The van der Waals surface area contributed by atoms with Gasteiger partial charge in [-0.3, -0.25) is 0 Å². The van der Waals surface area contributed by atoms with Gasteiger partial charge in [0.15, 0.2) is 0 Å². The molecule has 1 aromatic rings. The Balaban J connectivity index is 2.49. The Labute approximate surface area is 71.1 Å². The Bertz CT molecular complexity index is 372. The molecular weight excluding hydrogens is 148 g/mol. The SMILES string of the molecule is N#CC1=Cc2ccccc2CN1. The van der Waals surface area contributed by atoms with Gasteiger partial charge in [0, 0.05) is 6.54 Å². The van der Waals surface area contributed by atoms with E-state index in [4.69, 9.17) is 5.26 Å². The van der Waals surface area contributed by atoms with Crippen LogP contribution in [0.2, 0.25) is 0 Å². The summed E-state index contributed by atoms with van der Waals surface area (Å²) in [6.45, 7) is 0.759. The molecule has 2 rings (SSSR count). The molecule has 0 unspecified atom stereocenters. The van der Waals surface area contributed by atoms with Crippen LogP contribution in [-0.4, -0.2) is 0 Å². The van der Waals surface area contributed by atoms with Crippen molar-refractivity contribution in [1.29, 1.82) is 5.26 Å². The summed E-state index contributed by atoms with van der Waals surface area (Å²) in [4.78, 5) is 0. The number of hydrogen-bond acceptors (Lipinski definition) is 2. The zero-order chi connectivity index (χ0) is 8.39. The zero-order valence-corrected chi connectivity index (χ0v) is 6.54. The highest BCUT2D eigenvalue weighted by atomic mass is 14.9. The van der Waals surface area contributed by atoms with E-state index in [1.165, 1.54) is 5.56 Å². The molecule has 0 bridgehead atoms. The summed E-state index contributed by atoms with van der Waals surface area (Å²) in [6.07, 6.45) is 1.87. The standard InChI is InChI=1S/C10H8N2/c11-6-10-5-8-3-1-2-4-9(8)7-12-10/h1-5,12H,7H2. The molecule has 58 valence electrons. The van der Waals surface area contributed by atoms with Crippen LogP contribution in [0.1, 0.15) is 11.1 Å². The number of allylic oxidation sites excluding steroid dienone is 1. The second-order valence-electron chi connectivity index (χ2n) is 2.72. The number of rotatable bonds is 0. The third kappa shape index (κ3) is 1.06. The van der Waals surface area contributed by atoms with Crippen molar-refractivity contribution in [3.05, 3.63) is 41.1 Å². The van der Waals surface area contributed by atoms with Gasteiger partial charge in [0.05, 0.1) is 0 Å². The van der Waals surface area contributed by atoms with Gasteiger partial charge < -0.3 is 5.32 Å². The summed E-state index contributed by atoms with van der Waals surface area (Å²) in [7, 11) is 0. The van der Waals surface area contributed by atoms with E-state index >= 15 is 0 Å². The second kappa shape index (κ2) is 2.71. The Morgan fingerprint density at radius 3 is 3.00 bits per heavy atom. The molecule has 1 N–H and O–H groups in total. The molecule has 0 saturated heterocycles. The molecule has 1 aliphatic heterocycles. The molecule has 0 amide bonds. The van der Waals surface area contributed by atoms with Crippen LogP contribution >= 0.6 is 0 Å². The topological polar surface area (TPSA) is 35.8 Å². The lowest BCUT2D eigenvalue weighted by Crippen LogP contribution is -2.16. The molecule has 2 heteroatoms. The first-order valence-corrected chi connectivity index (χ1v) is 3.84. The molecule has 1 heterocycles. The van der Waals surface area contributed by atoms with Crippen molar-refractivity contribution < 1.29 is 0 Å². The van der Waals surface area contributed by atoms with Crippen molar-refractivity contribution in [2.75, 3.05) is 0 Å². The fourth-order valence-electron chi connectivity index (χ4n) is 1.30. The van der Waals surface area contributed by atoms with E-state index in [0.29, 0.717) is 5.70 Å². The summed E-state index contributed by atoms with van der Waals surface area (Å²) in [5.74, 6) is 0. The van der Waals surface area contributed by atoms with Gasteiger partial charge in [-0.05, 0) is 17.2 Å². The van der Waals surface area contributed by atoms with Crippen molar-refractivity contribution in [2.45, 2.75) is 6.54 Å². The average Bonchev–Trinajstić information content (AvgIpc) is 2.17. The van der Waals surface area contributed by atoms with Crippen LogP contribution in [0.3, 0.4) is 0 Å². The maximum atomic E-state index is 8.64. The number of benzene rings is 1. The van der Waals surface area contributed by atoms with E-state index < -0.39 is 0 Å². The van der Waals surface area contributed by atoms with Crippen molar-refractivity contribution in [1.82, 2.24) is 5.32 Å². The van der Waals surface area contributed by atoms with Crippen molar-refractivity contribution >= 4 is 6.08 Å². The van der Waals surface area contributed by atoms with Gasteiger partial charge in [-0.15, -0.1) is 0 Å². The van der Waals surface area contributed by atoms with E-state index in [-0.39, 0.29) is 0 Å². The van der Waals surface area contributed by atoms with E-state index in [1.54, 1.807) is 0 Å². The maximum Gasteiger partial charge on any atom is 0.117 e. The van der Waals surface area contributed by atoms with Crippen LogP contribution in [0.25, 0.3) is 6.08 Å². The van der Waals surface area contributed by atoms with Crippen LogP contribution in [-0.2, 0) is 6.54 Å². The first-order valence-electron chi connectivity index (χ1n) is 3.84. The molecule has 12 heavy (non-hydrogen) atoms. The summed E-state index contributed by atoms with van der Waals surface area (Å²) < 4.78 is 0. The normalized spacial score (nSPS) is 13.8. The van der Waals surface area contributed by atoms with Crippen molar-refractivity contribution in [3.63, 3.8) is 0 Å². The van der Waals surface area contributed by atoms with E-state index in [9.17, 15) is 0 Å². The third-order valence-corrected chi connectivity index (χ3v) is 1.94. The summed E-state index contributed by atoms with van der Waals surface area (Å²) in [6, 6.07) is 10.2. The van der Waals surface area contributed by atoms with Gasteiger partial charge in [0.25, 0.3) is 0 Å². The molecule has 2 nitrogen and oxygen atoms in total. The van der Waals surface area contributed by atoms with Crippen LogP contribution < -0.4 is 5.32 Å². The van der Waals surface area contributed by atoms with Crippen molar-refractivity contribution in [2.24, 2.45) is 0 Å². The Morgan fingerprint density at radius 2 is 2.17 bits per heavy atom. The lowest BCUT2D eigenvalue weighted by Gasteiger charge is -2.13. The molecule has 1 aliphatic rings. The number of hydrogen-bond donors (Lipinski definition) is 1. The highest BCUT2D eigenvalue weighted by Crippen LogP contribution is 2.16. The van der Waals surface area contributed by atoms with E-state index in [1.807, 2.05) is 24.3 Å². The number of fused-ring (bicyclic) bond motifs is 1. The Kier molecular flexibility index (Phi) is 1.56. The molecular formula is C10H8N2. The van der Waals surface area contributed by atoms with E-state index in [2.05, 4.69) is 17.5 Å². The molecule has 0 radical (unpaired) electrons. The summed E-state index contributed by atoms with van der Waals surface area (Å²) in [5.41, 5.74) is 3.04. The highest BCUT2D eigenvalue weighted by molar-refractivity contribution is 5.61. The first-order chi connectivity index (χ1) is 5.90. The third-order valence-electron chi connectivity index (χ3n) is 1.94. The molecule has 0 aromatic heterocycles. The molecule has 0 fully saturated rings. The van der Waals surface area contributed by atoms with Gasteiger partial charge >= 0.3 is 0 Å². The molecule has 0 aliphatic carbocycles. The maximum absolute atomic E-state index is 8.64. The van der Waals surface area contributed by atoms with Gasteiger partial charge in [0.2, 0.25) is 0 Å². The Hall–Kier alpha value is -1.75. The fraction of sp³-hybridized carbons (Fsp3) is 0.100. The van der Waals surface area contributed by atoms with Gasteiger partial charge in [-0.25, -0.2) is 0 Å². The smallest absolute Gasteiger partial charge is 0.117 e. The van der Waals surface area contributed by atoms with E-state index in [0.717, 1.165) is 12.1 Å². The summed E-state index contributed by atoms with van der Waals surface area (Å²) >= 11 is 0. The lowest BCUT2D eigenvalue weighted by molar-refractivity contribution is 0.826. The highest BCUT2D eigenvalue weighted by Gasteiger charge is 2.06. The minimum absolute atomic E-state index is 0.647. The Morgan fingerprint density at radius 1 is 1.33 bits per heavy atom. The van der Waals surface area contributed by atoms with Crippen molar-refractivity contribution in [3.8, 4) is 6.07 Å². The van der Waals surface area contributed by atoms with Gasteiger partial charge in [-0.2, -0.15) is 5.26 Å². The second-order valence-corrected chi connectivity index (χ2v) is 2.72. The molecule has 1 aromatic carbocycles. The predicted molar refractivity (Wildman–Crippen MR) is 46.9 cm³/mol. The minimum Gasteiger partial charge on any atom is -0.372 e. The predicted octanol–water partition coefficient (Wildman–Crippen LogP) is 1.65. The fourth-order valence-corrected chi connectivity index (χ4v) is 1.30. The average molecular weight is 156 g/mol. The van der Waals surface area contributed by atoms with Gasteiger partial charge in [0.1, 0.15) is 11.8 Å². The lowest BCUT2D eigenvalue weighted by atomic mass is 10.0. The quantitative estimate of drug-likeness (QED) is 0.620. The monoisotopic (exact) mass is 156 g/mol. The first kappa shape index (κ1) is 6.93. The minimum atomic E-state index is 0.647. The number of nitrogens with one attached hydrogen (secondary N) is 1. The molecule has 0 spiro atoms. The zero-order valence-electron chi connectivity index (χ0n) is 6.54. The number of nitrogens with zero attached hydrogens (tertiary/aromatic N) is 1. The van der Waals surface area contributed by atoms with Crippen LogP contribution in [0.4, 0.5) is 0 Å². The van der Waals surface area contributed by atoms with Gasteiger partial charge in [-0.1, -0.05) is 24.3 Å². The van der Waals surface area contributed by atoms with Crippen LogP contribution in [0, 0.1) is 11.3 Å². The number of nitriles is 1. The van der Waals surface area contributed by atoms with Crippen LogP contribution in [0.5, 0.6) is 0 Å². The largest absolute Gasteiger partial charge is 0.372 e. The summed E-state index contributed by atoms with van der Waals surface area (Å²) in [5, 5.41) is 11.7. The molecule has 0 atom stereocenters. The van der Waals surface area contributed by atoms with Crippen LogP contribution in [0.15, 0.2) is 30.0 Å². The molecule has 0 saturated carbocycles.